The molecule has 1 aliphatic rings. The van der Waals surface area contributed by atoms with E-state index < -0.39 is 22.6 Å². The Morgan fingerprint density at radius 1 is 1.05 bits per heavy atom. The van der Waals surface area contributed by atoms with Crippen LogP contribution in [0.25, 0.3) is 0 Å². The molecule has 0 amide bonds. The van der Waals surface area contributed by atoms with Crippen LogP contribution in [0.1, 0.15) is 0 Å². The lowest BCUT2D eigenvalue weighted by Gasteiger charge is -2.34. The molecule has 1 rings (SSSR count). The number of nitrogens with zero attached hydrogens (tertiary/aromatic N) is 2. The Hall–Kier alpha value is -0.380. The first-order valence-electron chi connectivity index (χ1n) is 6.56. The zero-order valence-electron chi connectivity index (χ0n) is 11.6. The van der Waals surface area contributed by atoms with Gasteiger partial charge in [0, 0.05) is 52.1 Å². The number of rotatable bonds is 7. The molecule has 0 bridgehead atoms. The Bertz CT molecular complexity index is 379. The number of nitrogens with one attached hydrogen (secondary N) is 1. The van der Waals surface area contributed by atoms with Gasteiger partial charge in [-0.05, 0) is 0 Å². The Kier molecular flexibility index (Phi) is 6.70. The number of piperazine rings is 1. The second-order valence-corrected chi connectivity index (χ2v) is 7.37. The monoisotopic (exact) mass is 317 g/mol. The number of halogens is 3. The van der Waals surface area contributed by atoms with Crippen LogP contribution in [-0.2, 0) is 9.84 Å². The summed E-state index contributed by atoms with van der Waals surface area (Å²) in [7, 11) is -2.94. The van der Waals surface area contributed by atoms with Crippen molar-refractivity contribution in [3.05, 3.63) is 0 Å². The minimum absolute atomic E-state index is 0.104. The van der Waals surface area contributed by atoms with Crippen molar-refractivity contribution >= 4 is 9.84 Å². The smallest absolute Gasteiger partial charge is 0.314 e. The van der Waals surface area contributed by atoms with Crippen LogP contribution in [0.5, 0.6) is 0 Å². The molecule has 120 valence electrons. The van der Waals surface area contributed by atoms with Crippen LogP contribution in [0.2, 0.25) is 0 Å². The van der Waals surface area contributed by atoms with Crippen molar-refractivity contribution < 1.29 is 21.6 Å². The van der Waals surface area contributed by atoms with Gasteiger partial charge in [0.15, 0.2) is 0 Å². The molecular weight excluding hydrogens is 295 g/mol. The highest BCUT2D eigenvalue weighted by molar-refractivity contribution is 7.90. The van der Waals surface area contributed by atoms with Crippen molar-refractivity contribution in [3.63, 3.8) is 0 Å². The van der Waals surface area contributed by atoms with Crippen molar-refractivity contribution in [1.29, 1.82) is 0 Å². The van der Waals surface area contributed by atoms with Gasteiger partial charge in [0.25, 0.3) is 0 Å². The van der Waals surface area contributed by atoms with Crippen molar-refractivity contribution in [3.8, 4) is 0 Å². The summed E-state index contributed by atoms with van der Waals surface area (Å²) in [6, 6.07) is 0. The summed E-state index contributed by atoms with van der Waals surface area (Å²) in [5, 5.41) is 3.02. The summed E-state index contributed by atoms with van der Waals surface area (Å²) >= 11 is 0. The second-order valence-electron chi connectivity index (χ2n) is 5.11. The van der Waals surface area contributed by atoms with E-state index in [-0.39, 0.29) is 5.75 Å². The van der Waals surface area contributed by atoms with Gasteiger partial charge >= 0.3 is 6.18 Å². The normalized spacial score (nSPS) is 19.4. The molecule has 0 aromatic rings. The van der Waals surface area contributed by atoms with Crippen LogP contribution in [0.15, 0.2) is 0 Å². The Labute approximate surface area is 118 Å². The fourth-order valence-electron chi connectivity index (χ4n) is 2.04. The molecule has 9 heteroatoms. The molecule has 0 atom stereocenters. The summed E-state index contributed by atoms with van der Waals surface area (Å²) in [6.07, 6.45) is -2.94. The van der Waals surface area contributed by atoms with Gasteiger partial charge in [-0.1, -0.05) is 0 Å². The van der Waals surface area contributed by atoms with E-state index in [1.165, 1.54) is 11.2 Å². The van der Waals surface area contributed by atoms with E-state index in [1.807, 2.05) is 0 Å². The summed E-state index contributed by atoms with van der Waals surface area (Å²) in [6.45, 7) is 3.01. The Morgan fingerprint density at radius 2 is 1.60 bits per heavy atom. The van der Waals surface area contributed by atoms with E-state index in [9.17, 15) is 21.6 Å². The molecule has 0 aliphatic carbocycles. The standard InChI is InChI=1S/C11H22F3N3O2S/c1-20(18,19)9-3-15-2-4-16-5-7-17(8-6-16)10-11(12,13)14/h15H,2-10H2,1H3. The first-order chi connectivity index (χ1) is 9.16. The van der Waals surface area contributed by atoms with Crippen molar-refractivity contribution in [2.45, 2.75) is 6.18 Å². The Balaban J connectivity index is 2.08. The Morgan fingerprint density at radius 3 is 2.10 bits per heavy atom. The highest BCUT2D eigenvalue weighted by Gasteiger charge is 2.31. The average molecular weight is 317 g/mol. The zero-order valence-corrected chi connectivity index (χ0v) is 12.4. The third kappa shape index (κ3) is 8.72. The average Bonchev–Trinajstić information content (AvgIpc) is 2.27. The van der Waals surface area contributed by atoms with Gasteiger partial charge < -0.3 is 5.32 Å². The molecule has 1 aliphatic heterocycles. The summed E-state index contributed by atoms with van der Waals surface area (Å²) in [4.78, 5) is 3.49. The maximum atomic E-state index is 12.2. The van der Waals surface area contributed by atoms with Crippen molar-refractivity contribution in [2.24, 2.45) is 0 Å². The van der Waals surface area contributed by atoms with E-state index in [2.05, 4.69) is 10.2 Å². The summed E-state index contributed by atoms with van der Waals surface area (Å²) in [5.41, 5.74) is 0. The van der Waals surface area contributed by atoms with Crippen LogP contribution in [0, 0.1) is 0 Å². The van der Waals surface area contributed by atoms with Crippen molar-refractivity contribution in [1.82, 2.24) is 15.1 Å². The van der Waals surface area contributed by atoms with Gasteiger partial charge in [-0.15, -0.1) is 0 Å². The lowest BCUT2D eigenvalue weighted by molar-refractivity contribution is -0.149. The van der Waals surface area contributed by atoms with Gasteiger partial charge in [0.05, 0.1) is 12.3 Å². The van der Waals surface area contributed by atoms with Gasteiger partial charge in [0.1, 0.15) is 9.84 Å². The molecular formula is C11H22F3N3O2S. The highest BCUT2D eigenvalue weighted by atomic mass is 32.2. The SMILES string of the molecule is CS(=O)(=O)CCNCCN1CCN(CC(F)(F)F)CC1. The third-order valence-electron chi connectivity index (χ3n) is 3.12. The lowest BCUT2D eigenvalue weighted by atomic mass is 10.3. The molecule has 1 saturated heterocycles. The largest absolute Gasteiger partial charge is 0.401 e. The predicted molar refractivity (Wildman–Crippen MR) is 71.5 cm³/mol. The van der Waals surface area contributed by atoms with E-state index in [1.54, 1.807) is 0 Å². The molecule has 1 fully saturated rings. The predicted octanol–water partition coefficient (Wildman–Crippen LogP) is -0.199. The van der Waals surface area contributed by atoms with Crippen LogP contribution in [-0.4, -0.2) is 88.8 Å². The molecule has 20 heavy (non-hydrogen) atoms. The highest BCUT2D eigenvalue weighted by Crippen LogP contribution is 2.17. The van der Waals surface area contributed by atoms with E-state index >= 15 is 0 Å². The van der Waals surface area contributed by atoms with E-state index in [4.69, 9.17) is 0 Å². The van der Waals surface area contributed by atoms with Crippen LogP contribution < -0.4 is 5.32 Å². The minimum Gasteiger partial charge on any atom is -0.314 e. The fraction of sp³-hybridized carbons (Fsp3) is 1.00. The third-order valence-corrected chi connectivity index (χ3v) is 4.07. The molecule has 0 unspecified atom stereocenters. The summed E-state index contributed by atoms with van der Waals surface area (Å²) in [5.74, 6) is 0.104. The molecule has 0 radical (unpaired) electrons. The lowest BCUT2D eigenvalue weighted by Crippen LogP contribution is -2.50. The van der Waals surface area contributed by atoms with Crippen LogP contribution in [0.4, 0.5) is 13.2 Å². The molecule has 0 saturated carbocycles. The van der Waals surface area contributed by atoms with Gasteiger partial charge in [-0.2, -0.15) is 13.2 Å². The number of alkyl halides is 3. The number of hydrogen-bond acceptors (Lipinski definition) is 5. The topological polar surface area (TPSA) is 52.7 Å². The minimum atomic E-state index is -4.13. The van der Waals surface area contributed by atoms with E-state index in [0.717, 1.165) is 6.54 Å². The molecule has 5 nitrogen and oxygen atoms in total. The zero-order chi connectivity index (χ0) is 15.2. The van der Waals surface area contributed by atoms with Gasteiger partial charge in [0.2, 0.25) is 0 Å². The van der Waals surface area contributed by atoms with Crippen molar-refractivity contribution in [2.75, 3.05) is 64.4 Å². The molecule has 0 aromatic carbocycles. The maximum absolute atomic E-state index is 12.2. The van der Waals surface area contributed by atoms with Crippen LogP contribution >= 0.6 is 0 Å². The number of hydrogen-bond donors (Lipinski definition) is 1. The quantitative estimate of drug-likeness (QED) is 0.659. The fourth-order valence-corrected chi connectivity index (χ4v) is 2.56. The van der Waals surface area contributed by atoms with Gasteiger partial charge in [-0.25, -0.2) is 8.42 Å². The summed E-state index contributed by atoms with van der Waals surface area (Å²) < 4.78 is 58.4. The first kappa shape index (κ1) is 17.7. The number of sulfone groups is 1. The first-order valence-corrected chi connectivity index (χ1v) is 8.62. The molecule has 1 heterocycles. The van der Waals surface area contributed by atoms with Crippen LogP contribution in [0.3, 0.4) is 0 Å². The van der Waals surface area contributed by atoms with E-state index in [0.29, 0.717) is 39.3 Å². The maximum Gasteiger partial charge on any atom is 0.401 e. The molecule has 0 spiro atoms. The molecule has 0 aromatic heterocycles. The molecule has 1 N–H and O–H groups in total. The second kappa shape index (κ2) is 7.58. The van der Waals surface area contributed by atoms with Gasteiger partial charge in [-0.3, -0.25) is 9.80 Å².